The number of ether oxygens (including phenoxy) is 2. The topological polar surface area (TPSA) is 68.7 Å². The van der Waals surface area contributed by atoms with Crippen LogP contribution in [0.2, 0.25) is 0 Å². The molecule has 154 valence electrons. The summed E-state index contributed by atoms with van der Waals surface area (Å²) in [6.45, 7) is 0.901. The van der Waals surface area contributed by atoms with Gasteiger partial charge in [0.05, 0.1) is 12.8 Å². The lowest BCUT2D eigenvalue weighted by Gasteiger charge is -2.13. The third-order valence-corrected chi connectivity index (χ3v) is 5.08. The number of carboxylic acid groups (broad SMARTS) is 1. The van der Waals surface area contributed by atoms with Crippen molar-refractivity contribution in [3.63, 3.8) is 0 Å². The molecule has 0 atom stereocenters. The molecule has 2 heterocycles. The highest BCUT2D eigenvalue weighted by Crippen LogP contribution is 2.32. The van der Waals surface area contributed by atoms with Crippen molar-refractivity contribution >= 4 is 5.97 Å². The van der Waals surface area contributed by atoms with Gasteiger partial charge in [0.25, 0.3) is 0 Å². The molecule has 2 aromatic carbocycles. The van der Waals surface area contributed by atoms with Gasteiger partial charge in [0.15, 0.2) is 0 Å². The SMILES string of the molecule is O=C(O)CCCc1ccc(OCc2cc(F)ccc2-c2ccc3c(c2)CCO3)cn1. The first-order valence-electron chi connectivity index (χ1n) is 9.92. The summed E-state index contributed by atoms with van der Waals surface area (Å²) in [5.41, 5.74) is 4.65. The molecule has 0 radical (unpaired) electrons. The molecule has 6 heteroatoms. The van der Waals surface area contributed by atoms with Crippen molar-refractivity contribution in [1.29, 1.82) is 0 Å². The van der Waals surface area contributed by atoms with Crippen LogP contribution in [-0.4, -0.2) is 22.7 Å². The first kappa shape index (κ1) is 19.9. The lowest BCUT2D eigenvalue weighted by molar-refractivity contribution is -0.137. The quantitative estimate of drug-likeness (QED) is 0.580. The van der Waals surface area contributed by atoms with Crippen LogP contribution in [0, 0.1) is 5.82 Å². The molecule has 0 bridgehead atoms. The minimum absolute atomic E-state index is 0.122. The summed E-state index contributed by atoms with van der Waals surface area (Å²) in [4.78, 5) is 14.9. The van der Waals surface area contributed by atoms with Crippen LogP contribution >= 0.6 is 0 Å². The monoisotopic (exact) mass is 407 g/mol. The van der Waals surface area contributed by atoms with Crippen molar-refractivity contribution in [3.8, 4) is 22.6 Å². The van der Waals surface area contributed by atoms with Crippen LogP contribution in [-0.2, 0) is 24.2 Å². The summed E-state index contributed by atoms with van der Waals surface area (Å²) in [5, 5.41) is 8.71. The lowest BCUT2D eigenvalue weighted by Crippen LogP contribution is -2.01. The van der Waals surface area contributed by atoms with Crippen LogP contribution in [0.4, 0.5) is 4.39 Å². The number of pyridine rings is 1. The molecule has 30 heavy (non-hydrogen) atoms. The zero-order valence-electron chi connectivity index (χ0n) is 16.4. The molecular weight excluding hydrogens is 385 g/mol. The van der Waals surface area contributed by atoms with Gasteiger partial charge in [0.2, 0.25) is 0 Å². The highest BCUT2D eigenvalue weighted by atomic mass is 19.1. The van der Waals surface area contributed by atoms with E-state index < -0.39 is 5.97 Å². The number of carboxylic acids is 1. The summed E-state index contributed by atoms with van der Waals surface area (Å²) in [5.74, 6) is 0.369. The second kappa shape index (κ2) is 8.95. The van der Waals surface area contributed by atoms with E-state index in [4.69, 9.17) is 14.6 Å². The van der Waals surface area contributed by atoms with Crippen molar-refractivity contribution in [3.05, 3.63) is 77.4 Å². The fourth-order valence-corrected chi connectivity index (χ4v) is 3.54. The molecule has 3 aromatic rings. The summed E-state index contributed by atoms with van der Waals surface area (Å²) in [6.07, 6.45) is 3.75. The van der Waals surface area contributed by atoms with Gasteiger partial charge in [0, 0.05) is 18.5 Å². The molecule has 0 spiro atoms. The Hall–Kier alpha value is -3.41. The number of benzene rings is 2. The number of aliphatic carboxylic acids is 1. The number of carbonyl (C=O) groups is 1. The Labute approximate surface area is 174 Å². The van der Waals surface area contributed by atoms with Crippen molar-refractivity contribution in [1.82, 2.24) is 4.98 Å². The van der Waals surface area contributed by atoms with Gasteiger partial charge in [-0.15, -0.1) is 0 Å². The van der Waals surface area contributed by atoms with Gasteiger partial charge in [-0.1, -0.05) is 12.1 Å². The van der Waals surface area contributed by atoms with Crippen LogP contribution in [0.1, 0.15) is 29.7 Å². The van der Waals surface area contributed by atoms with E-state index in [-0.39, 0.29) is 18.8 Å². The fraction of sp³-hybridized carbons (Fsp3) is 0.250. The van der Waals surface area contributed by atoms with Crippen LogP contribution < -0.4 is 9.47 Å². The number of aryl methyl sites for hydroxylation is 1. The second-order valence-corrected chi connectivity index (χ2v) is 7.24. The Morgan fingerprint density at radius 2 is 2.07 bits per heavy atom. The van der Waals surface area contributed by atoms with Crippen LogP contribution in [0.5, 0.6) is 11.5 Å². The third kappa shape index (κ3) is 4.76. The van der Waals surface area contributed by atoms with Gasteiger partial charge in [-0.2, -0.15) is 0 Å². The first-order valence-corrected chi connectivity index (χ1v) is 9.92. The fourth-order valence-electron chi connectivity index (χ4n) is 3.54. The van der Waals surface area contributed by atoms with Gasteiger partial charge in [0.1, 0.15) is 23.9 Å². The van der Waals surface area contributed by atoms with Gasteiger partial charge in [-0.3, -0.25) is 9.78 Å². The van der Waals surface area contributed by atoms with E-state index in [1.54, 1.807) is 18.3 Å². The summed E-state index contributed by atoms with van der Waals surface area (Å²) < 4.78 is 25.3. The van der Waals surface area contributed by atoms with Crippen molar-refractivity contribution in [2.75, 3.05) is 6.61 Å². The predicted octanol–water partition coefficient (Wildman–Crippen LogP) is 4.81. The summed E-state index contributed by atoms with van der Waals surface area (Å²) >= 11 is 0. The zero-order chi connectivity index (χ0) is 20.9. The maximum Gasteiger partial charge on any atom is 0.303 e. The lowest BCUT2D eigenvalue weighted by atomic mass is 9.97. The number of rotatable bonds is 8. The summed E-state index contributed by atoms with van der Waals surface area (Å²) in [7, 11) is 0. The van der Waals surface area contributed by atoms with Crippen molar-refractivity contribution in [2.45, 2.75) is 32.3 Å². The molecular formula is C24H22FNO4. The molecule has 0 aliphatic carbocycles. The van der Waals surface area contributed by atoms with E-state index in [0.29, 0.717) is 25.2 Å². The van der Waals surface area contributed by atoms with E-state index in [0.717, 1.165) is 40.1 Å². The Morgan fingerprint density at radius 1 is 1.17 bits per heavy atom. The Kier molecular flexibility index (Phi) is 5.93. The average Bonchev–Trinajstić information content (AvgIpc) is 3.21. The third-order valence-electron chi connectivity index (χ3n) is 5.08. The van der Waals surface area contributed by atoms with Crippen LogP contribution in [0.25, 0.3) is 11.1 Å². The molecule has 0 fully saturated rings. The van der Waals surface area contributed by atoms with Gasteiger partial charge < -0.3 is 14.6 Å². The van der Waals surface area contributed by atoms with Crippen molar-refractivity contribution in [2.24, 2.45) is 0 Å². The number of fused-ring (bicyclic) bond motifs is 1. The smallest absolute Gasteiger partial charge is 0.303 e. The highest BCUT2D eigenvalue weighted by molar-refractivity contribution is 5.69. The van der Waals surface area contributed by atoms with Crippen LogP contribution in [0.3, 0.4) is 0 Å². The number of hydrogen-bond acceptors (Lipinski definition) is 4. The molecule has 5 nitrogen and oxygen atoms in total. The Morgan fingerprint density at radius 3 is 2.87 bits per heavy atom. The Bertz CT molecular complexity index is 1050. The highest BCUT2D eigenvalue weighted by Gasteiger charge is 2.15. The Balaban J connectivity index is 1.46. The molecule has 1 aliphatic rings. The van der Waals surface area contributed by atoms with Crippen molar-refractivity contribution < 1.29 is 23.8 Å². The first-order chi connectivity index (χ1) is 14.6. The van der Waals surface area contributed by atoms with E-state index in [1.165, 1.54) is 12.1 Å². The van der Waals surface area contributed by atoms with E-state index in [1.807, 2.05) is 18.2 Å². The van der Waals surface area contributed by atoms with Gasteiger partial charge in [-0.25, -0.2) is 4.39 Å². The van der Waals surface area contributed by atoms with Crippen LogP contribution in [0.15, 0.2) is 54.7 Å². The molecule has 0 saturated heterocycles. The average molecular weight is 407 g/mol. The maximum absolute atomic E-state index is 13.9. The van der Waals surface area contributed by atoms with Gasteiger partial charge >= 0.3 is 5.97 Å². The molecule has 1 aliphatic heterocycles. The number of aromatic nitrogens is 1. The number of nitrogens with zero attached hydrogens (tertiary/aromatic N) is 1. The predicted molar refractivity (Wildman–Crippen MR) is 110 cm³/mol. The number of hydrogen-bond donors (Lipinski definition) is 1. The minimum atomic E-state index is -0.809. The van der Waals surface area contributed by atoms with E-state index in [2.05, 4.69) is 11.1 Å². The molecule has 1 N–H and O–H groups in total. The molecule has 0 unspecified atom stereocenters. The standard InChI is InChI=1S/C24H22FNO4/c25-19-5-8-22(16-4-9-23-17(12-16)10-11-29-23)18(13-19)15-30-21-7-6-20(26-14-21)2-1-3-24(27)28/h4-9,12-14H,1-3,10-11,15H2,(H,27,28). The minimum Gasteiger partial charge on any atom is -0.493 e. The van der Waals surface area contributed by atoms with Gasteiger partial charge in [-0.05, 0) is 71.5 Å². The zero-order valence-corrected chi connectivity index (χ0v) is 16.4. The largest absolute Gasteiger partial charge is 0.493 e. The maximum atomic E-state index is 13.9. The molecule has 4 rings (SSSR count). The van der Waals surface area contributed by atoms with E-state index >= 15 is 0 Å². The summed E-state index contributed by atoms with van der Waals surface area (Å²) in [6, 6.07) is 14.4. The second-order valence-electron chi connectivity index (χ2n) is 7.24. The van der Waals surface area contributed by atoms with E-state index in [9.17, 15) is 9.18 Å². The molecule has 0 amide bonds. The number of halogens is 1. The molecule has 1 aromatic heterocycles. The normalized spacial score (nSPS) is 12.3. The molecule has 0 saturated carbocycles.